The van der Waals surface area contributed by atoms with Crippen molar-refractivity contribution < 1.29 is 23.8 Å². The normalized spacial score (nSPS) is 21.9. The monoisotopic (exact) mass is 364 g/mol. The molecule has 1 aromatic carbocycles. The Balaban J connectivity index is 1.69. The van der Waals surface area contributed by atoms with Crippen LogP contribution in [0.2, 0.25) is 0 Å². The minimum atomic E-state index is -0.555. The lowest BCUT2D eigenvalue weighted by molar-refractivity contribution is -0.128. The summed E-state index contributed by atoms with van der Waals surface area (Å²) in [5.41, 5.74) is 0.164. The van der Waals surface area contributed by atoms with Crippen LogP contribution in [0.3, 0.4) is 0 Å². The van der Waals surface area contributed by atoms with Crippen molar-refractivity contribution in [2.75, 3.05) is 39.9 Å². The van der Waals surface area contributed by atoms with Crippen LogP contribution in [0.15, 0.2) is 18.2 Å². The van der Waals surface area contributed by atoms with Crippen LogP contribution >= 0.6 is 0 Å². The van der Waals surface area contributed by atoms with Gasteiger partial charge in [0.15, 0.2) is 11.6 Å². The van der Waals surface area contributed by atoms with Gasteiger partial charge >= 0.3 is 0 Å². The van der Waals surface area contributed by atoms with Crippen molar-refractivity contribution in [1.29, 1.82) is 0 Å². The highest BCUT2D eigenvalue weighted by Gasteiger charge is 2.48. The number of benzene rings is 1. The average molecular weight is 364 g/mol. The molecule has 1 unspecified atom stereocenters. The Bertz CT molecular complexity index is 701. The lowest BCUT2D eigenvalue weighted by atomic mass is 9.71. The van der Waals surface area contributed by atoms with Crippen LogP contribution in [0.4, 0.5) is 4.39 Å². The molecule has 0 aromatic heterocycles. The molecule has 2 saturated heterocycles. The summed E-state index contributed by atoms with van der Waals surface area (Å²) in [6.07, 6.45) is 1.46. The van der Waals surface area contributed by atoms with E-state index in [1.165, 1.54) is 19.2 Å². The van der Waals surface area contributed by atoms with Crippen molar-refractivity contribution >= 4 is 11.8 Å². The lowest BCUT2D eigenvalue weighted by Crippen LogP contribution is -2.47. The SMILES string of the molecule is COc1ccc(C(=O)N2CCC3(CC2)CN(C(C)=O)CC3CO)cc1F. The average Bonchev–Trinajstić information content (AvgIpc) is 3.00. The Labute approximate surface area is 152 Å². The summed E-state index contributed by atoms with van der Waals surface area (Å²) in [4.78, 5) is 27.9. The highest BCUT2D eigenvalue weighted by molar-refractivity contribution is 5.94. The maximum Gasteiger partial charge on any atom is 0.253 e. The van der Waals surface area contributed by atoms with Crippen LogP contribution in [-0.4, -0.2) is 66.6 Å². The molecule has 2 aliphatic heterocycles. The second kappa shape index (κ2) is 7.23. The van der Waals surface area contributed by atoms with Crippen molar-refractivity contribution in [3.05, 3.63) is 29.6 Å². The first-order chi connectivity index (χ1) is 12.4. The number of amides is 2. The smallest absolute Gasteiger partial charge is 0.253 e. The van der Waals surface area contributed by atoms with Gasteiger partial charge < -0.3 is 19.6 Å². The third-order valence-electron chi connectivity index (χ3n) is 5.92. The van der Waals surface area contributed by atoms with E-state index in [-0.39, 0.29) is 35.5 Å². The number of carbonyl (C=O) groups excluding carboxylic acids is 2. The third-order valence-corrected chi connectivity index (χ3v) is 5.92. The van der Waals surface area contributed by atoms with E-state index in [0.29, 0.717) is 31.7 Å². The Morgan fingerprint density at radius 2 is 2.00 bits per heavy atom. The van der Waals surface area contributed by atoms with Gasteiger partial charge in [-0.1, -0.05) is 0 Å². The van der Waals surface area contributed by atoms with E-state index in [1.54, 1.807) is 22.8 Å². The van der Waals surface area contributed by atoms with Gasteiger partial charge in [-0.3, -0.25) is 9.59 Å². The first-order valence-electron chi connectivity index (χ1n) is 8.89. The van der Waals surface area contributed by atoms with E-state index in [4.69, 9.17) is 4.74 Å². The van der Waals surface area contributed by atoms with Gasteiger partial charge in [-0.2, -0.15) is 0 Å². The van der Waals surface area contributed by atoms with Crippen LogP contribution in [-0.2, 0) is 4.79 Å². The predicted octanol–water partition coefficient (Wildman–Crippen LogP) is 1.53. The molecule has 0 aliphatic carbocycles. The van der Waals surface area contributed by atoms with E-state index in [2.05, 4.69) is 0 Å². The predicted molar refractivity (Wildman–Crippen MR) is 93.4 cm³/mol. The van der Waals surface area contributed by atoms with Crippen LogP contribution in [0.25, 0.3) is 0 Å². The highest BCUT2D eigenvalue weighted by Crippen LogP contribution is 2.44. The number of likely N-dealkylation sites (tertiary alicyclic amines) is 2. The summed E-state index contributed by atoms with van der Waals surface area (Å²) >= 11 is 0. The summed E-state index contributed by atoms with van der Waals surface area (Å²) in [5.74, 6) is -0.585. The molecule has 6 nitrogen and oxygen atoms in total. The van der Waals surface area contributed by atoms with Crippen molar-refractivity contribution in [3.8, 4) is 5.75 Å². The fourth-order valence-corrected chi connectivity index (χ4v) is 4.23. The fraction of sp³-hybridized carbons (Fsp3) is 0.579. The van der Waals surface area contributed by atoms with E-state index >= 15 is 0 Å². The zero-order valence-electron chi connectivity index (χ0n) is 15.2. The highest BCUT2D eigenvalue weighted by atomic mass is 19.1. The van der Waals surface area contributed by atoms with Crippen molar-refractivity contribution in [2.24, 2.45) is 11.3 Å². The number of carbonyl (C=O) groups is 2. The lowest BCUT2D eigenvalue weighted by Gasteiger charge is -2.42. The molecule has 1 aromatic rings. The Morgan fingerprint density at radius 3 is 2.54 bits per heavy atom. The number of hydrogen-bond acceptors (Lipinski definition) is 4. The summed E-state index contributed by atoms with van der Waals surface area (Å²) in [6, 6.07) is 4.23. The standard InChI is InChI=1S/C19H25FN2O4/c1-13(24)22-10-15(11-23)19(12-22)5-7-21(8-6-19)18(25)14-3-4-17(26-2)16(20)9-14/h3-4,9,15,23H,5-8,10-12H2,1-2H3. The van der Waals surface area contributed by atoms with Crippen molar-refractivity contribution in [1.82, 2.24) is 9.80 Å². The van der Waals surface area contributed by atoms with Crippen molar-refractivity contribution in [3.63, 3.8) is 0 Å². The second-order valence-corrected chi connectivity index (χ2v) is 7.28. The van der Waals surface area contributed by atoms with Crippen LogP contribution in [0, 0.1) is 17.2 Å². The van der Waals surface area contributed by atoms with E-state index in [9.17, 15) is 19.1 Å². The minimum absolute atomic E-state index is 0.0209. The molecule has 0 saturated carbocycles. The molecular weight excluding hydrogens is 339 g/mol. The number of aliphatic hydroxyl groups excluding tert-OH is 1. The third kappa shape index (κ3) is 3.28. The molecule has 2 amide bonds. The summed E-state index contributed by atoms with van der Waals surface area (Å²) in [6.45, 7) is 3.87. The molecule has 1 atom stereocenters. The molecule has 26 heavy (non-hydrogen) atoms. The number of nitrogens with zero attached hydrogens (tertiary/aromatic N) is 2. The quantitative estimate of drug-likeness (QED) is 0.883. The Hall–Kier alpha value is -2.15. The second-order valence-electron chi connectivity index (χ2n) is 7.28. The zero-order chi connectivity index (χ0) is 18.9. The van der Waals surface area contributed by atoms with Gasteiger partial charge in [0.2, 0.25) is 5.91 Å². The molecule has 2 aliphatic rings. The van der Waals surface area contributed by atoms with Gasteiger partial charge in [0.05, 0.1) is 7.11 Å². The Morgan fingerprint density at radius 1 is 1.31 bits per heavy atom. The van der Waals surface area contributed by atoms with E-state index in [0.717, 1.165) is 12.8 Å². The maximum atomic E-state index is 13.9. The Kier molecular flexibility index (Phi) is 5.18. The number of hydrogen-bond donors (Lipinski definition) is 1. The number of piperidine rings is 1. The molecule has 0 radical (unpaired) electrons. The van der Waals surface area contributed by atoms with Gasteiger partial charge in [0.1, 0.15) is 0 Å². The molecule has 7 heteroatoms. The van der Waals surface area contributed by atoms with Gasteiger partial charge in [-0.05, 0) is 36.5 Å². The molecule has 142 valence electrons. The number of ether oxygens (including phenoxy) is 1. The molecule has 0 bridgehead atoms. The number of methoxy groups -OCH3 is 1. The van der Waals surface area contributed by atoms with E-state index < -0.39 is 5.82 Å². The largest absolute Gasteiger partial charge is 0.494 e. The van der Waals surface area contributed by atoms with Gasteiger partial charge in [-0.15, -0.1) is 0 Å². The molecule has 3 rings (SSSR count). The van der Waals surface area contributed by atoms with Gasteiger partial charge in [0, 0.05) is 51.2 Å². The molecule has 1 N–H and O–H groups in total. The zero-order valence-corrected chi connectivity index (χ0v) is 15.2. The number of rotatable bonds is 3. The number of aliphatic hydroxyl groups is 1. The van der Waals surface area contributed by atoms with Crippen LogP contribution in [0.1, 0.15) is 30.1 Å². The van der Waals surface area contributed by atoms with Crippen LogP contribution in [0.5, 0.6) is 5.75 Å². The first kappa shape index (κ1) is 18.6. The van der Waals surface area contributed by atoms with Crippen molar-refractivity contribution in [2.45, 2.75) is 19.8 Å². The first-order valence-corrected chi connectivity index (χ1v) is 8.89. The topological polar surface area (TPSA) is 70.1 Å². The summed E-state index contributed by atoms with van der Waals surface area (Å²) < 4.78 is 18.8. The molecule has 2 heterocycles. The summed E-state index contributed by atoms with van der Waals surface area (Å²) in [7, 11) is 1.38. The summed E-state index contributed by atoms with van der Waals surface area (Å²) in [5, 5.41) is 9.74. The minimum Gasteiger partial charge on any atom is -0.494 e. The molecular formula is C19H25FN2O4. The molecule has 2 fully saturated rings. The van der Waals surface area contributed by atoms with Gasteiger partial charge in [-0.25, -0.2) is 4.39 Å². The van der Waals surface area contributed by atoms with Crippen LogP contribution < -0.4 is 4.74 Å². The maximum absolute atomic E-state index is 13.9. The molecule has 1 spiro atoms. The van der Waals surface area contributed by atoms with Gasteiger partial charge in [0.25, 0.3) is 5.91 Å². The number of halogens is 1. The van der Waals surface area contributed by atoms with E-state index in [1.807, 2.05) is 0 Å². The fourth-order valence-electron chi connectivity index (χ4n) is 4.23.